The molecular weight excluding hydrogens is 1190 g/mol. The van der Waals surface area contributed by atoms with Crippen molar-refractivity contribution in [3.63, 3.8) is 0 Å². The van der Waals surface area contributed by atoms with Crippen molar-refractivity contribution in [3.8, 4) is 0 Å². The van der Waals surface area contributed by atoms with Crippen LogP contribution in [0.2, 0.25) is 0 Å². The van der Waals surface area contributed by atoms with E-state index in [4.69, 9.17) is 25.5 Å². The van der Waals surface area contributed by atoms with E-state index in [2.05, 4.69) is 46.8 Å². The first-order valence-electron chi connectivity index (χ1n) is 42.6. The van der Waals surface area contributed by atoms with E-state index in [-0.39, 0.29) is 0 Å². The maximum absolute atomic E-state index is 10.4. The third-order valence-corrected chi connectivity index (χ3v) is 18.6. The van der Waals surface area contributed by atoms with Crippen LogP contribution in [-0.2, 0) is 24.0 Å². The van der Waals surface area contributed by atoms with Crippen molar-refractivity contribution in [2.75, 3.05) is 0 Å². The zero-order valence-electron chi connectivity index (χ0n) is 65.3. The van der Waals surface area contributed by atoms with Crippen molar-refractivity contribution < 1.29 is 49.5 Å². The van der Waals surface area contributed by atoms with Crippen molar-refractivity contribution in [2.24, 2.45) is 0 Å². The predicted molar refractivity (Wildman–Crippen MR) is 417 cm³/mol. The van der Waals surface area contributed by atoms with Crippen LogP contribution in [0.1, 0.15) is 510 Å². The van der Waals surface area contributed by atoms with Gasteiger partial charge in [0.1, 0.15) is 0 Å². The quantitative estimate of drug-likeness (QED) is 0.0290. The summed E-state index contributed by atoms with van der Waals surface area (Å²) in [6, 6.07) is 0. The summed E-state index contributed by atoms with van der Waals surface area (Å²) < 4.78 is 0. The van der Waals surface area contributed by atoms with E-state index in [0.29, 0.717) is 32.1 Å². The van der Waals surface area contributed by atoms with Gasteiger partial charge in [-0.2, -0.15) is 0 Å². The Morgan fingerprint density at radius 3 is 0.354 bits per heavy atom. The lowest BCUT2D eigenvalue weighted by Crippen LogP contribution is -1.93. The Balaban J connectivity index is -0.000000361. The second-order valence-electron chi connectivity index (χ2n) is 28.7. The third-order valence-electron chi connectivity index (χ3n) is 18.6. The van der Waals surface area contributed by atoms with Gasteiger partial charge in [0.25, 0.3) is 0 Å². The number of allylic oxidation sites excluding steroid dienone is 2. The Hall–Kier alpha value is -2.91. The van der Waals surface area contributed by atoms with Crippen LogP contribution in [0.3, 0.4) is 0 Å². The highest BCUT2D eigenvalue weighted by Gasteiger charge is 2.03. The highest BCUT2D eigenvalue weighted by molar-refractivity contribution is 5.67. The van der Waals surface area contributed by atoms with Crippen molar-refractivity contribution >= 4 is 29.8 Å². The molecule has 0 aromatic heterocycles. The van der Waals surface area contributed by atoms with Gasteiger partial charge in [0.2, 0.25) is 0 Å². The minimum absolute atomic E-state index is 0.332. The van der Waals surface area contributed by atoms with Gasteiger partial charge in [-0.3, -0.25) is 24.0 Å². The van der Waals surface area contributed by atoms with E-state index in [1.165, 1.54) is 379 Å². The molecule has 0 saturated carbocycles. The summed E-state index contributed by atoms with van der Waals surface area (Å²) in [5.41, 5.74) is 0. The minimum atomic E-state index is -0.664. The van der Waals surface area contributed by atoms with Crippen molar-refractivity contribution in [1.82, 2.24) is 0 Å². The zero-order valence-corrected chi connectivity index (χ0v) is 65.3. The Kier molecular flexibility index (Phi) is 104. The SMILES string of the molecule is CCCCCCCC/C=C\CCCCCCCC(=O)O.CCCCCCCCCCCCCC(=O)O.CCCCCCCCCCCCCCCC(=O)O.CCCCCCCCCCCCCCCCCC(=O)O.CCCCCCCCCCCCCCCCCCCC(=O)O. The van der Waals surface area contributed by atoms with Crippen LogP contribution in [0, 0.1) is 0 Å². The summed E-state index contributed by atoms with van der Waals surface area (Å²) in [4.78, 5) is 51.6. The lowest BCUT2D eigenvalue weighted by atomic mass is 10.0. The third kappa shape index (κ3) is 121. The highest BCUT2D eigenvalue weighted by atomic mass is 16.4. The van der Waals surface area contributed by atoms with Crippen molar-refractivity contribution in [1.29, 1.82) is 0 Å². The number of rotatable bonds is 75. The fraction of sp³-hybridized carbons (Fsp3) is 0.919. The number of carbonyl (C=O) groups is 5. The minimum Gasteiger partial charge on any atom is -0.481 e. The van der Waals surface area contributed by atoms with Crippen molar-refractivity contribution in [2.45, 2.75) is 510 Å². The Morgan fingerprint density at radius 1 is 0.156 bits per heavy atom. The Bertz CT molecular complexity index is 1500. The maximum atomic E-state index is 10.4. The van der Waals surface area contributed by atoms with Gasteiger partial charge in [-0.1, -0.05) is 432 Å². The topological polar surface area (TPSA) is 186 Å². The van der Waals surface area contributed by atoms with Crippen LogP contribution in [0.15, 0.2) is 12.2 Å². The number of carboxylic acids is 5. The van der Waals surface area contributed by atoms with E-state index in [9.17, 15) is 24.0 Å². The molecule has 0 spiro atoms. The number of aliphatic carboxylic acids is 5. The fourth-order valence-electron chi connectivity index (χ4n) is 12.2. The normalized spacial score (nSPS) is 10.9. The van der Waals surface area contributed by atoms with Crippen LogP contribution >= 0.6 is 0 Å². The standard InChI is InChI=1S/C20H40O2.C18H36O2.C18H34O2.C16H32O2.C14H28O2/c1-2-3-4-5-6-7-8-9-10-11-12-13-14-15-16-17-18-19-20(21)22;2*1-2-3-4-5-6-7-8-9-10-11-12-13-14-15-16-17-18(19)20;1-2-3-4-5-6-7-8-9-10-11-12-13-14-15-16(17)18;1-2-3-4-5-6-7-8-9-10-11-12-13-14(15)16/h2-19H2,1H3,(H,21,22);2-17H2,1H3,(H,19,20);9-10H,2-8,11-17H2,1H3,(H,19,20);2-15H2,1H3,(H,17,18);2-13H2,1H3,(H,15,16)/b;;10-9-;;. The molecule has 10 heteroatoms. The van der Waals surface area contributed by atoms with Gasteiger partial charge in [-0.15, -0.1) is 0 Å². The monoisotopic (exact) mass is 1360 g/mol. The first-order valence-corrected chi connectivity index (χ1v) is 42.6. The number of carboxylic acid groups (broad SMARTS) is 5. The molecule has 0 fully saturated rings. The summed E-state index contributed by atoms with van der Waals surface area (Å²) in [5, 5.41) is 42.5. The number of unbranched alkanes of at least 4 members (excludes halogenated alkanes) is 63. The van der Waals surface area contributed by atoms with Gasteiger partial charge in [0, 0.05) is 32.1 Å². The van der Waals surface area contributed by atoms with E-state index in [0.717, 1.165) is 64.2 Å². The fourth-order valence-corrected chi connectivity index (χ4v) is 12.2. The van der Waals surface area contributed by atoms with Crippen LogP contribution in [0.4, 0.5) is 0 Å². The molecule has 0 aromatic rings. The van der Waals surface area contributed by atoms with Crippen LogP contribution in [-0.4, -0.2) is 55.4 Å². The molecule has 0 bridgehead atoms. The summed E-state index contributed by atoms with van der Waals surface area (Å²) in [5.74, 6) is -3.28. The van der Waals surface area contributed by atoms with E-state index in [1.807, 2.05) is 0 Å². The van der Waals surface area contributed by atoms with Gasteiger partial charge < -0.3 is 25.5 Å². The molecule has 10 nitrogen and oxygen atoms in total. The van der Waals surface area contributed by atoms with Crippen LogP contribution < -0.4 is 0 Å². The smallest absolute Gasteiger partial charge is 0.303 e. The molecule has 0 aliphatic rings. The molecule has 0 radical (unpaired) electrons. The van der Waals surface area contributed by atoms with E-state index >= 15 is 0 Å². The molecular formula is C86H170O10. The van der Waals surface area contributed by atoms with Gasteiger partial charge >= 0.3 is 29.8 Å². The molecule has 0 aliphatic heterocycles. The molecule has 5 N–H and O–H groups in total. The second-order valence-corrected chi connectivity index (χ2v) is 28.7. The summed E-state index contributed by atoms with van der Waals surface area (Å²) in [6.07, 6.45) is 96.2. The number of hydrogen-bond donors (Lipinski definition) is 5. The molecule has 0 aliphatic carbocycles. The van der Waals surface area contributed by atoms with E-state index < -0.39 is 29.8 Å². The summed E-state index contributed by atoms with van der Waals surface area (Å²) in [7, 11) is 0. The first-order chi connectivity index (χ1) is 46.9. The van der Waals surface area contributed by atoms with Gasteiger partial charge in [-0.25, -0.2) is 0 Å². The first kappa shape index (κ1) is 102. The summed E-state index contributed by atoms with van der Waals surface area (Å²) >= 11 is 0. The van der Waals surface area contributed by atoms with Gasteiger partial charge in [-0.05, 0) is 57.8 Å². The lowest BCUT2D eigenvalue weighted by Gasteiger charge is -2.03. The molecule has 0 unspecified atom stereocenters. The van der Waals surface area contributed by atoms with Crippen LogP contribution in [0.25, 0.3) is 0 Å². The van der Waals surface area contributed by atoms with Crippen LogP contribution in [0.5, 0.6) is 0 Å². The molecule has 0 saturated heterocycles. The molecule has 0 amide bonds. The molecule has 0 heterocycles. The Labute approximate surface area is 598 Å². The zero-order chi connectivity index (χ0) is 71.6. The highest BCUT2D eigenvalue weighted by Crippen LogP contribution is 2.19. The second kappa shape index (κ2) is 98.5. The largest absolute Gasteiger partial charge is 0.481 e. The van der Waals surface area contributed by atoms with E-state index in [1.54, 1.807) is 0 Å². The molecule has 96 heavy (non-hydrogen) atoms. The average Bonchev–Trinajstić information content (AvgIpc) is 3.57. The maximum Gasteiger partial charge on any atom is 0.303 e. The lowest BCUT2D eigenvalue weighted by molar-refractivity contribution is -0.138. The molecule has 0 atom stereocenters. The molecule has 0 aromatic carbocycles. The van der Waals surface area contributed by atoms with Gasteiger partial charge in [0.15, 0.2) is 0 Å². The predicted octanol–water partition coefficient (Wildman–Crippen LogP) is 29.9. The van der Waals surface area contributed by atoms with Gasteiger partial charge in [0.05, 0.1) is 0 Å². The average molecular weight is 1360 g/mol. The number of hydrogen-bond acceptors (Lipinski definition) is 5. The Morgan fingerprint density at radius 2 is 0.250 bits per heavy atom. The molecule has 0 rings (SSSR count). The van der Waals surface area contributed by atoms with Crippen molar-refractivity contribution in [3.05, 3.63) is 12.2 Å². The summed E-state index contributed by atoms with van der Waals surface area (Å²) in [6.45, 7) is 11.3. The molecule has 574 valence electrons.